The SMILES string of the molecule is CCOC(=O)C1=CNn2c(nc3sc4c(c3c2=O)CCN(C)C4)N(c2ccc(Cl)cc2)C1=N. The van der Waals surface area contributed by atoms with Gasteiger partial charge in [0.2, 0.25) is 5.95 Å². The van der Waals surface area contributed by atoms with Gasteiger partial charge in [0.25, 0.3) is 5.56 Å². The van der Waals surface area contributed by atoms with Crippen molar-refractivity contribution >= 4 is 56.6 Å². The van der Waals surface area contributed by atoms with Crippen molar-refractivity contribution < 1.29 is 9.53 Å². The van der Waals surface area contributed by atoms with Gasteiger partial charge in [-0.15, -0.1) is 11.3 Å². The summed E-state index contributed by atoms with van der Waals surface area (Å²) in [6, 6.07) is 6.77. The Labute approximate surface area is 198 Å². The average molecular weight is 485 g/mol. The lowest BCUT2D eigenvalue weighted by Gasteiger charge is -2.24. The van der Waals surface area contributed by atoms with Crippen LogP contribution in [-0.2, 0) is 22.5 Å². The molecule has 2 aliphatic rings. The fourth-order valence-electron chi connectivity index (χ4n) is 4.04. The van der Waals surface area contributed by atoms with Gasteiger partial charge in [-0.1, -0.05) is 11.6 Å². The van der Waals surface area contributed by atoms with Gasteiger partial charge in [-0.25, -0.2) is 9.78 Å². The van der Waals surface area contributed by atoms with Crippen LogP contribution in [0, 0.1) is 5.41 Å². The highest BCUT2D eigenvalue weighted by molar-refractivity contribution is 7.18. The van der Waals surface area contributed by atoms with Crippen molar-refractivity contribution in [2.45, 2.75) is 19.9 Å². The summed E-state index contributed by atoms with van der Waals surface area (Å²) in [5.74, 6) is -0.652. The number of anilines is 2. The second-order valence-electron chi connectivity index (χ2n) is 7.79. The first-order valence-corrected chi connectivity index (χ1v) is 11.6. The second-order valence-corrected chi connectivity index (χ2v) is 9.31. The van der Waals surface area contributed by atoms with E-state index in [1.165, 1.54) is 27.1 Å². The van der Waals surface area contributed by atoms with Crippen molar-refractivity contribution in [3.05, 3.63) is 61.9 Å². The van der Waals surface area contributed by atoms with Crippen LogP contribution in [0.5, 0.6) is 0 Å². The number of fused-ring (bicyclic) bond motifs is 4. The number of halogens is 1. The Morgan fingerprint density at radius 3 is 2.82 bits per heavy atom. The third-order valence-corrected chi connectivity index (χ3v) is 7.01. The third kappa shape index (κ3) is 3.60. The summed E-state index contributed by atoms with van der Waals surface area (Å²) < 4.78 is 6.42. The molecule has 0 fully saturated rings. The van der Waals surface area contributed by atoms with E-state index in [0.29, 0.717) is 20.9 Å². The second kappa shape index (κ2) is 8.29. The molecule has 2 aromatic heterocycles. The predicted molar refractivity (Wildman–Crippen MR) is 129 cm³/mol. The average Bonchev–Trinajstić information content (AvgIpc) is 3.07. The Balaban J connectivity index is 1.75. The van der Waals surface area contributed by atoms with Crippen LogP contribution in [0.25, 0.3) is 10.2 Å². The first-order chi connectivity index (χ1) is 15.9. The molecule has 0 saturated heterocycles. The smallest absolute Gasteiger partial charge is 0.343 e. The van der Waals surface area contributed by atoms with Gasteiger partial charge in [0, 0.05) is 29.2 Å². The van der Waals surface area contributed by atoms with Crippen LogP contribution in [0.15, 0.2) is 40.8 Å². The lowest BCUT2D eigenvalue weighted by atomic mass is 10.1. The Morgan fingerprint density at radius 2 is 2.09 bits per heavy atom. The zero-order valence-corrected chi connectivity index (χ0v) is 19.6. The molecule has 33 heavy (non-hydrogen) atoms. The summed E-state index contributed by atoms with van der Waals surface area (Å²) >= 11 is 7.56. The highest BCUT2D eigenvalue weighted by Crippen LogP contribution is 2.35. The maximum Gasteiger partial charge on any atom is 0.343 e. The molecule has 0 aliphatic carbocycles. The molecule has 0 saturated carbocycles. The number of ether oxygens (including phenoxy) is 1. The number of hydrogen-bond donors (Lipinski definition) is 2. The molecule has 170 valence electrons. The summed E-state index contributed by atoms with van der Waals surface area (Å²) in [6.45, 7) is 3.48. The number of likely N-dealkylation sites (N-methyl/N-ethyl adjacent to an activating group) is 1. The van der Waals surface area contributed by atoms with E-state index in [0.717, 1.165) is 30.0 Å². The molecule has 0 atom stereocenters. The highest BCUT2D eigenvalue weighted by atomic mass is 35.5. The predicted octanol–water partition coefficient (Wildman–Crippen LogP) is 3.22. The standard InChI is InChI=1S/C22H21ClN6O3S/c1-3-32-21(31)15-10-25-29-20(30)17-14-8-9-27(2)11-16(14)33-19(17)26-22(29)28(18(15)24)13-6-4-12(23)5-7-13/h4-7,10,24-25H,3,8-9,11H2,1-2H3. The van der Waals surface area contributed by atoms with Crippen LogP contribution in [0.3, 0.4) is 0 Å². The van der Waals surface area contributed by atoms with Crippen molar-refractivity contribution in [1.29, 1.82) is 5.41 Å². The Hall–Kier alpha value is -3.21. The first-order valence-electron chi connectivity index (χ1n) is 10.4. The van der Waals surface area contributed by atoms with E-state index in [-0.39, 0.29) is 29.5 Å². The largest absolute Gasteiger partial charge is 0.462 e. The van der Waals surface area contributed by atoms with E-state index in [9.17, 15) is 9.59 Å². The fraction of sp³-hybridized carbons (Fsp3) is 0.273. The van der Waals surface area contributed by atoms with Gasteiger partial charge in [-0.2, -0.15) is 4.68 Å². The van der Waals surface area contributed by atoms with Crippen molar-refractivity contribution in [2.24, 2.45) is 0 Å². The number of benzene rings is 1. The van der Waals surface area contributed by atoms with E-state index < -0.39 is 5.97 Å². The minimum atomic E-state index is -0.669. The number of thiophene rings is 1. The molecule has 0 bridgehead atoms. The monoisotopic (exact) mass is 484 g/mol. The van der Waals surface area contributed by atoms with Crippen LogP contribution < -0.4 is 15.9 Å². The number of hydrogen-bond acceptors (Lipinski definition) is 8. The first kappa shape index (κ1) is 21.6. The molecular weight excluding hydrogens is 464 g/mol. The Kier molecular flexibility index (Phi) is 5.43. The zero-order chi connectivity index (χ0) is 23.3. The molecule has 3 aromatic rings. The van der Waals surface area contributed by atoms with Crippen LogP contribution in [0.1, 0.15) is 17.4 Å². The molecule has 1 aromatic carbocycles. The molecular formula is C22H21ClN6O3S. The number of amidine groups is 1. The van der Waals surface area contributed by atoms with Gasteiger partial charge in [-0.05, 0) is 50.2 Å². The van der Waals surface area contributed by atoms with Gasteiger partial charge in [-0.3, -0.25) is 20.5 Å². The molecule has 9 nitrogen and oxygen atoms in total. The van der Waals surface area contributed by atoms with Crippen LogP contribution >= 0.6 is 22.9 Å². The topological polar surface area (TPSA) is 104 Å². The highest BCUT2D eigenvalue weighted by Gasteiger charge is 2.32. The summed E-state index contributed by atoms with van der Waals surface area (Å²) in [5.41, 5.74) is 4.14. The Bertz CT molecular complexity index is 1380. The van der Waals surface area contributed by atoms with Gasteiger partial charge in [0.1, 0.15) is 16.2 Å². The lowest BCUT2D eigenvalue weighted by Crippen LogP contribution is -2.35. The minimum Gasteiger partial charge on any atom is -0.462 e. The summed E-state index contributed by atoms with van der Waals surface area (Å²) in [4.78, 5) is 36.5. The molecule has 11 heteroatoms. The van der Waals surface area contributed by atoms with E-state index in [2.05, 4.69) is 17.4 Å². The maximum atomic E-state index is 13.7. The Morgan fingerprint density at radius 1 is 1.33 bits per heavy atom. The van der Waals surface area contributed by atoms with Crippen LogP contribution in [-0.4, -0.2) is 46.6 Å². The van der Waals surface area contributed by atoms with Crippen molar-refractivity contribution in [3.63, 3.8) is 0 Å². The normalized spacial score (nSPS) is 16.0. The van der Waals surface area contributed by atoms with E-state index in [4.69, 9.17) is 26.7 Å². The summed E-state index contributed by atoms with van der Waals surface area (Å²) in [7, 11) is 2.05. The lowest BCUT2D eigenvalue weighted by molar-refractivity contribution is -0.137. The molecule has 4 heterocycles. The molecule has 0 unspecified atom stereocenters. The third-order valence-electron chi connectivity index (χ3n) is 5.64. The molecule has 2 aliphatic heterocycles. The van der Waals surface area contributed by atoms with Crippen LogP contribution in [0.4, 0.5) is 11.6 Å². The van der Waals surface area contributed by atoms with Crippen LogP contribution in [0.2, 0.25) is 5.02 Å². The number of nitrogens with zero attached hydrogens (tertiary/aromatic N) is 4. The van der Waals surface area contributed by atoms with Crippen molar-refractivity contribution in [1.82, 2.24) is 14.6 Å². The minimum absolute atomic E-state index is 0.0243. The number of carbonyl (C=O) groups is 1. The number of carbonyl (C=O) groups excluding carboxylic acids is 1. The van der Waals surface area contributed by atoms with Crippen molar-refractivity contribution in [2.75, 3.05) is 30.5 Å². The molecule has 2 N–H and O–H groups in total. The zero-order valence-electron chi connectivity index (χ0n) is 18.0. The molecule has 5 rings (SSSR count). The molecule has 0 spiro atoms. The fourth-order valence-corrected chi connectivity index (χ4v) is 5.45. The molecule has 0 amide bonds. The maximum absolute atomic E-state index is 13.7. The number of esters is 1. The number of nitrogens with one attached hydrogen (secondary N) is 2. The van der Waals surface area contributed by atoms with Gasteiger partial charge >= 0.3 is 5.97 Å². The number of rotatable bonds is 3. The quantitative estimate of drug-likeness (QED) is 0.550. The summed E-state index contributed by atoms with van der Waals surface area (Å²) in [5, 5.41) is 9.94. The van der Waals surface area contributed by atoms with E-state index >= 15 is 0 Å². The van der Waals surface area contributed by atoms with E-state index in [1.807, 2.05) is 0 Å². The van der Waals surface area contributed by atoms with E-state index in [1.54, 1.807) is 31.2 Å². The van der Waals surface area contributed by atoms with Gasteiger partial charge in [0.15, 0.2) is 0 Å². The van der Waals surface area contributed by atoms with Gasteiger partial charge in [0.05, 0.1) is 17.7 Å². The molecule has 0 radical (unpaired) electrons. The van der Waals surface area contributed by atoms with Gasteiger partial charge < -0.3 is 9.64 Å². The summed E-state index contributed by atoms with van der Waals surface area (Å²) in [6.07, 6.45) is 2.09. The number of aromatic nitrogens is 2. The van der Waals surface area contributed by atoms with Crippen molar-refractivity contribution in [3.8, 4) is 0 Å².